The lowest BCUT2D eigenvalue weighted by Gasteiger charge is -2.25. The van der Waals surface area contributed by atoms with Gasteiger partial charge in [0, 0.05) is 5.56 Å². The van der Waals surface area contributed by atoms with Crippen molar-refractivity contribution < 1.29 is 14.6 Å². The summed E-state index contributed by atoms with van der Waals surface area (Å²) in [5.41, 5.74) is 1.83. The first-order valence-electron chi connectivity index (χ1n) is 5.28. The molecule has 0 radical (unpaired) electrons. The third kappa shape index (κ3) is 2.14. The molecule has 0 aliphatic carbocycles. The third-order valence-electron chi connectivity index (χ3n) is 2.64. The summed E-state index contributed by atoms with van der Waals surface area (Å²) in [6.07, 6.45) is 0. The topological polar surface area (TPSA) is 38.7 Å². The van der Waals surface area contributed by atoms with Crippen molar-refractivity contribution in [3.63, 3.8) is 0 Å². The number of rotatable bonds is 3. The van der Waals surface area contributed by atoms with Crippen molar-refractivity contribution in [2.24, 2.45) is 0 Å². The van der Waals surface area contributed by atoms with Gasteiger partial charge >= 0.3 is 0 Å². The second-order valence-electron chi connectivity index (χ2n) is 4.51. The molecule has 1 aromatic rings. The maximum Gasteiger partial charge on any atom is 0.167 e. The van der Waals surface area contributed by atoms with Gasteiger partial charge in [-0.3, -0.25) is 0 Å². The van der Waals surface area contributed by atoms with Crippen LogP contribution in [-0.4, -0.2) is 19.3 Å². The van der Waals surface area contributed by atoms with Crippen LogP contribution in [0.4, 0.5) is 0 Å². The van der Waals surface area contributed by atoms with Crippen LogP contribution >= 0.6 is 0 Å². The van der Waals surface area contributed by atoms with Crippen LogP contribution in [0.15, 0.2) is 6.07 Å². The van der Waals surface area contributed by atoms with Crippen molar-refractivity contribution in [2.75, 3.05) is 14.2 Å². The van der Waals surface area contributed by atoms with Gasteiger partial charge in [0.2, 0.25) is 0 Å². The minimum absolute atomic E-state index is 0.618. The Bertz CT molecular complexity index is 389. The number of benzene rings is 1. The van der Waals surface area contributed by atoms with Crippen molar-refractivity contribution in [1.29, 1.82) is 0 Å². The van der Waals surface area contributed by atoms with Crippen molar-refractivity contribution >= 4 is 0 Å². The number of aryl methyl sites for hydroxylation is 2. The van der Waals surface area contributed by atoms with Gasteiger partial charge < -0.3 is 14.6 Å². The van der Waals surface area contributed by atoms with Crippen LogP contribution < -0.4 is 9.47 Å². The molecule has 0 aliphatic rings. The van der Waals surface area contributed by atoms with E-state index in [9.17, 15) is 5.11 Å². The van der Waals surface area contributed by atoms with Crippen LogP contribution in [0.1, 0.15) is 30.5 Å². The zero-order valence-corrected chi connectivity index (χ0v) is 10.8. The Morgan fingerprint density at radius 1 is 1.00 bits per heavy atom. The molecule has 0 unspecified atom stereocenters. The molecule has 0 amide bonds. The highest BCUT2D eigenvalue weighted by Gasteiger charge is 2.27. The maximum atomic E-state index is 10.2. The zero-order chi connectivity index (χ0) is 12.5. The van der Waals surface area contributed by atoms with Crippen LogP contribution in [0, 0.1) is 13.8 Å². The molecular weight excluding hydrogens is 204 g/mol. The lowest BCUT2D eigenvalue weighted by Crippen LogP contribution is -2.19. The highest BCUT2D eigenvalue weighted by atomic mass is 16.5. The van der Waals surface area contributed by atoms with Gasteiger partial charge in [0.1, 0.15) is 0 Å². The van der Waals surface area contributed by atoms with E-state index < -0.39 is 5.60 Å². The Balaban J connectivity index is 3.59. The van der Waals surface area contributed by atoms with Crippen molar-refractivity contribution in [2.45, 2.75) is 33.3 Å². The number of ether oxygens (including phenoxy) is 2. The molecule has 0 saturated carbocycles. The van der Waals surface area contributed by atoms with Crippen LogP contribution in [0.3, 0.4) is 0 Å². The average molecular weight is 224 g/mol. The van der Waals surface area contributed by atoms with Gasteiger partial charge in [-0.1, -0.05) is 6.07 Å². The molecule has 0 bridgehead atoms. The number of hydrogen-bond acceptors (Lipinski definition) is 3. The summed E-state index contributed by atoms with van der Waals surface area (Å²) in [4.78, 5) is 0. The van der Waals surface area contributed by atoms with E-state index in [1.165, 1.54) is 0 Å². The van der Waals surface area contributed by atoms with E-state index in [4.69, 9.17) is 9.47 Å². The lowest BCUT2D eigenvalue weighted by atomic mass is 9.91. The summed E-state index contributed by atoms with van der Waals surface area (Å²) < 4.78 is 10.7. The molecule has 0 aromatic heterocycles. The average Bonchev–Trinajstić information content (AvgIpc) is 2.14. The summed E-state index contributed by atoms with van der Waals surface area (Å²) in [6.45, 7) is 7.41. The molecule has 0 saturated heterocycles. The first kappa shape index (κ1) is 12.8. The largest absolute Gasteiger partial charge is 0.493 e. The summed E-state index contributed by atoms with van der Waals surface area (Å²) in [5.74, 6) is 1.30. The molecule has 1 N–H and O–H groups in total. The van der Waals surface area contributed by atoms with Crippen molar-refractivity contribution in [3.05, 3.63) is 22.8 Å². The standard InChI is InChI=1S/C13H20O3/c1-8-7-9(2)11(15-5)12(16-6)10(8)13(3,4)14/h7,14H,1-6H3. The first-order valence-corrected chi connectivity index (χ1v) is 5.28. The molecule has 0 aliphatic heterocycles. The SMILES string of the molecule is COc1c(C)cc(C)c(C(C)(C)O)c1OC. The minimum Gasteiger partial charge on any atom is -0.493 e. The predicted octanol–water partition coefficient (Wildman–Crippen LogP) is 2.55. The second-order valence-corrected chi connectivity index (χ2v) is 4.51. The molecule has 0 fully saturated rings. The maximum absolute atomic E-state index is 10.2. The normalized spacial score (nSPS) is 11.4. The molecule has 0 spiro atoms. The van der Waals surface area contributed by atoms with Gasteiger partial charge in [-0.05, 0) is 38.8 Å². The fourth-order valence-electron chi connectivity index (χ4n) is 2.14. The molecule has 16 heavy (non-hydrogen) atoms. The van der Waals surface area contributed by atoms with E-state index in [0.717, 1.165) is 16.7 Å². The number of hydrogen-bond donors (Lipinski definition) is 1. The monoisotopic (exact) mass is 224 g/mol. The van der Waals surface area contributed by atoms with E-state index in [0.29, 0.717) is 11.5 Å². The van der Waals surface area contributed by atoms with Gasteiger partial charge in [0.05, 0.1) is 19.8 Å². The smallest absolute Gasteiger partial charge is 0.167 e. The molecule has 1 aromatic carbocycles. The van der Waals surface area contributed by atoms with Crippen LogP contribution in [-0.2, 0) is 5.60 Å². The van der Waals surface area contributed by atoms with E-state index in [1.54, 1.807) is 28.1 Å². The first-order chi connectivity index (χ1) is 7.32. The summed E-state index contributed by atoms with van der Waals surface area (Å²) >= 11 is 0. The summed E-state index contributed by atoms with van der Waals surface area (Å²) in [6, 6.07) is 1.99. The molecular formula is C13H20O3. The van der Waals surface area contributed by atoms with Crippen molar-refractivity contribution in [1.82, 2.24) is 0 Å². The Morgan fingerprint density at radius 2 is 1.50 bits per heavy atom. The van der Waals surface area contributed by atoms with Crippen LogP contribution in [0.5, 0.6) is 11.5 Å². The molecule has 3 nitrogen and oxygen atoms in total. The Morgan fingerprint density at radius 3 is 1.88 bits per heavy atom. The highest BCUT2D eigenvalue weighted by molar-refractivity contribution is 5.56. The molecule has 0 atom stereocenters. The fourth-order valence-corrected chi connectivity index (χ4v) is 2.14. The Hall–Kier alpha value is -1.22. The number of aliphatic hydroxyl groups is 1. The van der Waals surface area contributed by atoms with Gasteiger partial charge in [0.15, 0.2) is 11.5 Å². The Kier molecular flexibility index (Phi) is 3.48. The third-order valence-corrected chi connectivity index (χ3v) is 2.64. The zero-order valence-electron chi connectivity index (χ0n) is 10.8. The highest BCUT2D eigenvalue weighted by Crippen LogP contribution is 2.41. The molecule has 3 heteroatoms. The molecule has 0 heterocycles. The van der Waals surface area contributed by atoms with Gasteiger partial charge in [0.25, 0.3) is 0 Å². The van der Waals surface area contributed by atoms with E-state index in [1.807, 2.05) is 19.9 Å². The quantitative estimate of drug-likeness (QED) is 0.857. The van der Waals surface area contributed by atoms with Crippen LogP contribution in [0.25, 0.3) is 0 Å². The fraction of sp³-hybridized carbons (Fsp3) is 0.538. The van der Waals surface area contributed by atoms with Gasteiger partial charge in [-0.2, -0.15) is 0 Å². The van der Waals surface area contributed by atoms with Crippen molar-refractivity contribution in [3.8, 4) is 11.5 Å². The minimum atomic E-state index is -0.948. The van der Waals surface area contributed by atoms with E-state index in [2.05, 4.69) is 0 Å². The second kappa shape index (κ2) is 4.34. The van der Waals surface area contributed by atoms with Crippen LogP contribution in [0.2, 0.25) is 0 Å². The summed E-state index contributed by atoms with van der Waals surface area (Å²) in [5, 5.41) is 10.2. The Labute approximate surface area is 97.0 Å². The predicted molar refractivity (Wildman–Crippen MR) is 64.3 cm³/mol. The molecule has 1 rings (SSSR count). The van der Waals surface area contributed by atoms with E-state index in [-0.39, 0.29) is 0 Å². The summed E-state index contributed by atoms with van der Waals surface area (Å²) in [7, 11) is 3.19. The lowest BCUT2D eigenvalue weighted by molar-refractivity contribution is 0.0744. The molecule has 90 valence electrons. The number of methoxy groups -OCH3 is 2. The van der Waals surface area contributed by atoms with Gasteiger partial charge in [-0.15, -0.1) is 0 Å². The van der Waals surface area contributed by atoms with E-state index >= 15 is 0 Å². The van der Waals surface area contributed by atoms with Gasteiger partial charge in [-0.25, -0.2) is 0 Å².